The molecule has 1 aliphatic rings. The maximum Gasteiger partial charge on any atom is 0.265 e. The lowest BCUT2D eigenvalue weighted by Crippen LogP contribution is -2.32. The van der Waals surface area contributed by atoms with Crippen LogP contribution < -0.4 is 10.1 Å². The van der Waals surface area contributed by atoms with Gasteiger partial charge in [-0.1, -0.05) is 25.5 Å². The van der Waals surface area contributed by atoms with Crippen molar-refractivity contribution in [1.29, 1.82) is 0 Å². The summed E-state index contributed by atoms with van der Waals surface area (Å²) in [6.07, 6.45) is 9.60. The molecule has 1 aliphatic carbocycles. The van der Waals surface area contributed by atoms with E-state index in [0.29, 0.717) is 41.3 Å². The quantitative estimate of drug-likeness (QED) is 0.524. The number of imidazole rings is 1. The van der Waals surface area contributed by atoms with Gasteiger partial charge in [-0.25, -0.2) is 9.97 Å². The number of nitrogens with one attached hydrogen (secondary N) is 1. The van der Waals surface area contributed by atoms with Crippen LogP contribution in [0.25, 0.3) is 11.6 Å². The molecular weight excluding hydrogens is 404 g/mol. The number of rotatable bonds is 8. The van der Waals surface area contributed by atoms with Crippen molar-refractivity contribution in [2.45, 2.75) is 33.6 Å². The van der Waals surface area contributed by atoms with Gasteiger partial charge in [-0.15, -0.1) is 10.2 Å². The van der Waals surface area contributed by atoms with Crippen LogP contribution in [-0.4, -0.2) is 38.4 Å². The van der Waals surface area contributed by atoms with E-state index in [1.807, 2.05) is 29.9 Å². The first-order chi connectivity index (χ1) is 15.4. The number of hydrogen-bond acceptors (Lipinski definition) is 7. The molecule has 3 aromatic rings. The number of aromatic nitrogens is 5. The van der Waals surface area contributed by atoms with Gasteiger partial charge >= 0.3 is 0 Å². The molecule has 170 valence electrons. The largest absolute Gasteiger partial charge is 0.481 e. The van der Waals surface area contributed by atoms with E-state index in [1.165, 1.54) is 5.57 Å². The highest BCUT2D eigenvalue weighted by Gasteiger charge is 2.32. The van der Waals surface area contributed by atoms with Crippen molar-refractivity contribution < 1.29 is 9.15 Å². The number of aryl methyl sites for hydroxylation is 1. The summed E-state index contributed by atoms with van der Waals surface area (Å²) < 4.78 is 13.0. The summed E-state index contributed by atoms with van der Waals surface area (Å²) in [6.45, 7) is 7.73. The second-order valence-electron chi connectivity index (χ2n) is 8.98. The van der Waals surface area contributed by atoms with Crippen molar-refractivity contribution in [1.82, 2.24) is 24.7 Å². The number of pyridine rings is 1. The summed E-state index contributed by atoms with van der Waals surface area (Å²) in [5.74, 6) is 3.84. The Balaban J connectivity index is 1.44. The van der Waals surface area contributed by atoms with E-state index >= 15 is 0 Å². The molecule has 0 unspecified atom stereocenters. The first-order valence-corrected chi connectivity index (χ1v) is 11.2. The second kappa shape index (κ2) is 9.54. The Morgan fingerprint density at radius 3 is 2.75 bits per heavy atom. The number of methoxy groups -OCH3 is 1. The van der Waals surface area contributed by atoms with Gasteiger partial charge in [-0.05, 0) is 43.1 Å². The Labute approximate surface area is 189 Å². The zero-order valence-electron chi connectivity index (χ0n) is 19.4. The fourth-order valence-corrected chi connectivity index (χ4v) is 4.56. The Hall–Kier alpha value is -3.16. The predicted octanol–water partition coefficient (Wildman–Crippen LogP) is 4.38. The Morgan fingerprint density at radius 1 is 1.25 bits per heavy atom. The van der Waals surface area contributed by atoms with Gasteiger partial charge in [-0.3, -0.25) is 0 Å². The highest BCUT2D eigenvalue weighted by Crippen LogP contribution is 2.39. The van der Waals surface area contributed by atoms with E-state index in [1.54, 1.807) is 19.6 Å². The van der Waals surface area contributed by atoms with E-state index in [9.17, 15) is 0 Å². The summed E-state index contributed by atoms with van der Waals surface area (Å²) in [6, 6.07) is 3.89. The maximum absolute atomic E-state index is 5.97. The summed E-state index contributed by atoms with van der Waals surface area (Å²) in [5.41, 5.74) is 3.23. The standard InChI is InChI=1S/C24H32N6O2/c1-15(2)20-9-17(10-23-28-29-24(32-23)21-13-25-14-30(21)4)16(3)8-18(20)11-26-19-6-7-22(31-5)27-12-19/h6-8,12-15,17-18,20,26H,9-11H2,1-5H3/t17-,18-,20-/m0/s1. The first-order valence-electron chi connectivity index (χ1n) is 11.2. The fraction of sp³-hybridized carbons (Fsp3) is 0.500. The minimum atomic E-state index is 0.404. The Kier molecular flexibility index (Phi) is 6.58. The molecule has 3 atom stereocenters. The van der Waals surface area contributed by atoms with E-state index in [-0.39, 0.29) is 0 Å². The molecule has 8 heteroatoms. The van der Waals surface area contributed by atoms with Gasteiger partial charge in [0.25, 0.3) is 5.89 Å². The molecule has 8 nitrogen and oxygen atoms in total. The van der Waals surface area contributed by atoms with Crippen LogP contribution in [0, 0.1) is 23.7 Å². The molecule has 4 rings (SSSR count). The molecule has 0 aromatic carbocycles. The number of nitrogens with zero attached hydrogens (tertiary/aromatic N) is 5. The molecular formula is C24H32N6O2. The van der Waals surface area contributed by atoms with Crippen molar-refractivity contribution in [3.8, 4) is 17.5 Å². The van der Waals surface area contributed by atoms with Crippen molar-refractivity contribution >= 4 is 5.69 Å². The molecule has 0 saturated heterocycles. The molecule has 1 N–H and O–H groups in total. The molecule has 0 radical (unpaired) electrons. The van der Waals surface area contributed by atoms with Gasteiger partial charge in [-0.2, -0.15) is 0 Å². The van der Waals surface area contributed by atoms with Crippen molar-refractivity contribution in [3.63, 3.8) is 0 Å². The second-order valence-corrected chi connectivity index (χ2v) is 8.98. The lowest BCUT2D eigenvalue weighted by atomic mass is 9.70. The van der Waals surface area contributed by atoms with Crippen LogP contribution in [0.5, 0.6) is 5.88 Å². The third-order valence-electron chi connectivity index (χ3n) is 6.49. The SMILES string of the molecule is COc1ccc(NC[C@@H]2C=C(C)[C@H](Cc3nnc(-c4cncn4C)o3)C[C@H]2C(C)C)cn1. The Morgan fingerprint density at radius 2 is 2.09 bits per heavy atom. The smallest absolute Gasteiger partial charge is 0.265 e. The summed E-state index contributed by atoms with van der Waals surface area (Å²) in [7, 11) is 3.55. The Bertz CT molecular complexity index is 1050. The van der Waals surface area contributed by atoms with Gasteiger partial charge in [0.1, 0.15) is 5.69 Å². The lowest BCUT2D eigenvalue weighted by Gasteiger charge is -2.37. The van der Waals surface area contributed by atoms with Crippen LogP contribution in [0.15, 0.2) is 46.9 Å². The number of allylic oxidation sites excluding steroid dienone is 1. The number of anilines is 1. The summed E-state index contributed by atoms with van der Waals surface area (Å²) in [5, 5.41) is 12.1. The summed E-state index contributed by atoms with van der Waals surface area (Å²) >= 11 is 0. The van der Waals surface area contributed by atoms with E-state index in [2.05, 4.69) is 52.3 Å². The van der Waals surface area contributed by atoms with Gasteiger partial charge in [0, 0.05) is 26.1 Å². The van der Waals surface area contributed by atoms with Crippen molar-refractivity contribution in [2.24, 2.45) is 30.7 Å². The van der Waals surface area contributed by atoms with Gasteiger partial charge in [0.15, 0.2) is 0 Å². The average Bonchev–Trinajstić information content (AvgIpc) is 3.42. The average molecular weight is 437 g/mol. The van der Waals surface area contributed by atoms with Crippen molar-refractivity contribution in [3.05, 3.63) is 48.4 Å². The van der Waals surface area contributed by atoms with Crippen LogP contribution in [0.1, 0.15) is 33.1 Å². The molecule has 0 saturated carbocycles. The molecule has 0 spiro atoms. The zero-order chi connectivity index (χ0) is 22.7. The lowest BCUT2D eigenvalue weighted by molar-refractivity contribution is 0.229. The highest BCUT2D eigenvalue weighted by molar-refractivity contribution is 5.45. The molecule has 0 amide bonds. The third kappa shape index (κ3) is 4.84. The maximum atomic E-state index is 5.97. The van der Waals surface area contributed by atoms with Crippen molar-refractivity contribution in [2.75, 3.05) is 19.0 Å². The van der Waals surface area contributed by atoms with E-state index < -0.39 is 0 Å². The number of ether oxygens (including phenoxy) is 1. The van der Waals surface area contributed by atoms with E-state index in [4.69, 9.17) is 9.15 Å². The molecule has 0 fully saturated rings. The van der Waals surface area contributed by atoms with Gasteiger partial charge in [0.05, 0.1) is 31.5 Å². The van der Waals surface area contributed by atoms with Crippen LogP contribution in [-0.2, 0) is 13.5 Å². The summed E-state index contributed by atoms with van der Waals surface area (Å²) in [4.78, 5) is 8.42. The molecule has 32 heavy (non-hydrogen) atoms. The molecule has 0 aliphatic heterocycles. The van der Waals surface area contributed by atoms with Gasteiger partial charge in [0.2, 0.25) is 11.8 Å². The zero-order valence-corrected chi connectivity index (χ0v) is 19.4. The first kappa shape index (κ1) is 22.0. The minimum Gasteiger partial charge on any atom is -0.481 e. The number of hydrogen-bond donors (Lipinski definition) is 1. The minimum absolute atomic E-state index is 0.404. The third-order valence-corrected chi connectivity index (χ3v) is 6.49. The van der Waals surface area contributed by atoms with Crippen LogP contribution >= 0.6 is 0 Å². The molecule has 3 aromatic heterocycles. The topological polar surface area (TPSA) is 90.9 Å². The van der Waals surface area contributed by atoms with E-state index in [0.717, 1.165) is 30.8 Å². The molecule has 0 bridgehead atoms. The fourth-order valence-electron chi connectivity index (χ4n) is 4.56. The van der Waals surface area contributed by atoms with Crippen LogP contribution in [0.4, 0.5) is 5.69 Å². The van der Waals surface area contributed by atoms with Gasteiger partial charge < -0.3 is 19.0 Å². The highest BCUT2D eigenvalue weighted by atomic mass is 16.5. The molecule has 3 heterocycles. The predicted molar refractivity (Wildman–Crippen MR) is 123 cm³/mol. The van der Waals surface area contributed by atoms with Crippen LogP contribution in [0.3, 0.4) is 0 Å². The van der Waals surface area contributed by atoms with Crippen LogP contribution in [0.2, 0.25) is 0 Å². The normalized spacial score (nSPS) is 20.9. The monoisotopic (exact) mass is 436 g/mol.